The van der Waals surface area contributed by atoms with Crippen LogP contribution in [0, 0.1) is 17.8 Å². The van der Waals surface area contributed by atoms with Gasteiger partial charge >= 0.3 is 0 Å². The monoisotopic (exact) mass is 727 g/mol. The van der Waals surface area contributed by atoms with Gasteiger partial charge in [-0.3, -0.25) is 14.4 Å². The van der Waals surface area contributed by atoms with Crippen LogP contribution in [0.3, 0.4) is 0 Å². The van der Waals surface area contributed by atoms with Crippen LogP contribution in [0.4, 0.5) is 0 Å². The predicted molar refractivity (Wildman–Crippen MR) is 203 cm³/mol. The lowest BCUT2D eigenvalue weighted by atomic mass is 9.45. The molecule has 0 aromatic heterocycles. The summed E-state index contributed by atoms with van der Waals surface area (Å²) in [6.07, 6.45) is 16.1. The number of ether oxygens (including phenoxy) is 4. The molecule has 4 heterocycles. The number of nitrogens with zero attached hydrogens (tertiary/aromatic N) is 1. The molecule has 3 saturated carbocycles. The minimum absolute atomic E-state index is 0.0711. The molecule has 5 fully saturated rings. The van der Waals surface area contributed by atoms with E-state index in [4.69, 9.17) is 18.9 Å². The fraction of sp³-hybridized carbons (Fsp3) is 0.614. The second-order valence-electron chi connectivity index (χ2n) is 17.3. The standard InChI is InChI=1S/C44H57NO8/c1-9-50-39-30-25-31-41(6,7)53-43(40(30)49,21-14-16-32(46)45-23-11-10-12-24-45)44(31)34(39)36(48)33-35(47)28-19-22-42(8,20-13-15-26(2)3)51-37(28)29(38(33)52-44)18-17-27(4)5/h14-17,19,22,30-31,34,39,47H,9-13,18,20-21,23-25H2,1-8H3/b16-14+/t30-,31?,34?,39?,42+,43-,44-/m0/s1. The zero-order chi connectivity index (χ0) is 38.1. The van der Waals surface area contributed by atoms with Gasteiger partial charge in [0.2, 0.25) is 5.91 Å². The minimum atomic E-state index is -1.56. The zero-order valence-corrected chi connectivity index (χ0v) is 32.8. The number of likely N-dealkylation sites (tertiary alicyclic amines) is 1. The smallest absolute Gasteiger partial charge is 0.246 e. The summed E-state index contributed by atoms with van der Waals surface area (Å²) < 4.78 is 27.6. The first-order valence-corrected chi connectivity index (χ1v) is 19.7. The van der Waals surface area contributed by atoms with Crippen molar-refractivity contribution in [3.63, 3.8) is 0 Å². The van der Waals surface area contributed by atoms with Gasteiger partial charge in [-0.1, -0.05) is 29.4 Å². The maximum absolute atomic E-state index is 15.4. The molecule has 3 unspecified atom stereocenters. The molecule has 7 aliphatic rings. The van der Waals surface area contributed by atoms with Gasteiger partial charge in [0.25, 0.3) is 0 Å². The number of carbonyl (C=O) groups excluding carboxylic acids is 3. The summed E-state index contributed by atoms with van der Waals surface area (Å²) in [7, 11) is 0. The Morgan fingerprint density at radius 3 is 2.42 bits per heavy atom. The van der Waals surface area contributed by atoms with E-state index in [2.05, 4.69) is 26.0 Å². The largest absolute Gasteiger partial charge is 0.506 e. The highest BCUT2D eigenvalue weighted by molar-refractivity contribution is 6.10. The van der Waals surface area contributed by atoms with Crippen molar-refractivity contribution in [1.29, 1.82) is 0 Å². The van der Waals surface area contributed by atoms with Crippen LogP contribution in [0.1, 0.15) is 122 Å². The molecule has 4 bridgehead atoms. The maximum Gasteiger partial charge on any atom is 0.246 e. The third-order valence-corrected chi connectivity index (χ3v) is 12.7. The summed E-state index contributed by atoms with van der Waals surface area (Å²) >= 11 is 0. The number of rotatable bonds is 10. The van der Waals surface area contributed by atoms with Gasteiger partial charge in [-0.2, -0.15) is 0 Å². The quantitative estimate of drug-likeness (QED) is 0.192. The van der Waals surface area contributed by atoms with Crippen molar-refractivity contribution in [2.75, 3.05) is 19.7 Å². The van der Waals surface area contributed by atoms with E-state index in [9.17, 15) is 14.7 Å². The number of carbonyl (C=O) groups is 3. The number of phenols is 1. The van der Waals surface area contributed by atoms with Crippen molar-refractivity contribution >= 4 is 23.5 Å². The van der Waals surface area contributed by atoms with Crippen LogP contribution in [0.5, 0.6) is 17.2 Å². The van der Waals surface area contributed by atoms with Gasteiger partial charge in [-0.25, -0.2) is 0 Å². The third-order valence-electron chi connectivity index (χ3n) is 12.7. The first-order chi connectivity index (χ1) is 25.1. The molecule has 1 spiro atoms. The molecule has 4 aliphatic heterocycles. The van der Waals surface area contributed by atoms with Gasteiger partial charge in [0.15, 0.2) is 22.8 Å². The zero-order valence-electron chi connectivity index (χ0n) is 32.8. The normalized spacial score (nSPS) is 33.2. The number of Topliss-reactive ketones (excluding diaryl/α,β-unsaturated/α-hetero) is 2. The molecule has 1 aromatic carbocycles. The van der Waals surface area contributed by atoms with Gasteiger partial charge < -0.3 is 29.0 Å². The third kappa shape index (κ3) is 5.83. The van der Waals surface area contributed by atoms with Gasteiger partial charge in [-0.05, 0) is 119 Å². The molecule has 0 radical (unpaired) electrons. The number of aromatic hydroxyl groups is 1. The van der Waals surface area contributed by atoms with Gasteiger partial charge in [0, 0.05) is 43.5 Å². The number of piperidine rings is 1. The van der Waals surface area contributed by atoms with E-state index in [0.717, 1.165) is 31.3 Å². The van der Waals surface area contributed by atoms with Crippen molar-refractivity contribution in [3.8, 4) is 17.2 Å². The second-order valence-corrected chi connectivity index (χ2v) is 17.3. The minimum Gasteiger partial charge on any atom is -0.506 e. The molecule has 7 atom stereocenters. The van der Waals surface area contributed by atoms with Crippen LogP contribution in [-0.2, 0) is 25.5 Å². The average molecular weight is 728 g/mol. The molecule has 1 amide bonds. The number of phenolic OH excluding ortho intramolecular Hbond substituents is 1. The number of amides is 1. The fourth-order valence-corrected chi connectivity index (χ4v) is 10.3. The summed E-state index contributed by atoms with van der Waals surface area (Å²) in [5.41, 5.74) is -1.02. The molecule has 9 nitrogen and oxygen atoms in total. The first-order valence-electron chi connectivity index (χ1n) is 19.7. The van der Waals surface area contributed by atoms with E-state index in [1.165, 1.54) is 5.57 Å². The Bertz CT molecular complexity index is 1820. The van der Waals surface area contributed by atoms with Crippen LogP contribution in [0.15, 0.2) is 41.5 Å². The molecular formula is C44H57NO8. The van der Waals surface area contributed by atoms with E-state index in [-0.39, 0.29) is 46.9 Å². The summed E-state index contributed by atoms with van der Waals surface area (Å²) in [6, 6.07) is 0. The lowest BCUT2D eigenvalue weighted by Crippen LogP contribution is -2.80. The summed E-state index contributed by atoms with van der Waals surface area (Å²) in [5, 5.41) is 12.1. The number of allylic oxidation sites excluding steroid dienone is 4. The highest BCUT2D eigenvalue weighted by Gasteiger charge is 2.85. The summed E-state index contributed by atoms with van der Waals surface area (Å²) in [4.78, 5) is 45.5. The topological polar surface area (TPSA) is 112 Å². The highest BCUT2D eigenvalue weighted by Crippen LogP contribution is 2.70. The maximum atomic E-state index is 15.4. The van der Waals surface area contributed by atoms with Crippen LogP contribution in [0.25, 0.3) is 6.08 Å². The number of hydrogen-bond acceptors (Lipinski definition) is 8. The molecule has 3 aliphatic carbocycles. The molecule has 1 aromatic rings. The predicted octanol–water partition coefficient (Wildman–Crippen LogP) is 7.87. The summed E-state index contributed by atoms with van der Waals surface area (Å²) in [6.45, 7) is 17.8. The molecule has 53 heavy (non-hydrogen) atoms. The number of ketones is 2. The fourth-order valence-electron chi connectivity index (χ4n) is 10.3. The average Bonchev–Trinajstić information content (AvgIpc) is 3.24. The molecular weight excluding hydrogens is 670 g/mol. The van der Waals surface area contributed by atoms with Gasteiger partial charge in [0.05, 0.1) is 23.2 Å². The van der Waals surface area contributed by atoms with Crippen LogP contribution in [0.2, 0.25) is 0 Å². The molecule has 8 rings (SSSR count). The lowest BCUT2D eigenvalue weighted by molar-refractivity contribution is -0.226. The van der Waals surface area contributed by atoms with Gasteiger partial charge in [-0.15, -0.1) is 0 Å². The second kappa shape index (κ2) is 13.6. The molecule has 286 valence electrons. The first kappa shape index (κ1) is 37.6. The van der Waals surface area contributed by atoms with E-state index in [1.807, 2.05) is 58.6 Å². The SMILES string of the molecule is CCOC1C2C(=O)c3c(O)c4c(c(CC=C(C)C)c3O[C@@]23C2C[C@@H]1C(=O)[C@]3(C/C=C/C(=O)N1CCCCC1)OC2(C)C)O[C@](C)(CCC=C(C)C)C=C4. The molecule has 1 N–H and O–H groups in total. The molecule has 2 saturated heterocycles. The Labute approximate surface area is 314 Å². The Morgan fingerprint density at radius 2 is 1.74 bits per heavy atom. The van der Waals surface area contributed by atoms with E-state index >= 15 is 4.79 Å². The number of fused-ring (bicyclic) bond motifs is 2. The van der Waals surface area contributed by atoms with E-state index in [0.29, 0.717) is 55.8 Å². The van der Waals surface area contributed by atoms with Crippen molar-refractivity contribution in [2.45, 2.75) is 135 Å². The van der Waals surface area contributed by atoms with Crippen molar-refractivity contribution < 1.29 is 38.4 Å². The van der Waals surface area contributed by atoms with Crippen molar-refractivity contribution in [1.82, 2.24) is 4.90 Å². The Kier molecular flexibility index (Phi) is 9.62. The number of hydrogen-bond donors (Lipinski definition) is 1. The Morgan fingerprint density at radius 1 is 1.02 bits per heavy atom. The van der Waals surface area contributed by atoms with E-state index in [1.54, 1.807) is 12.2 Å². The number of benzene rings is 1. The Hall–Kier alpha value is -3.69. The Balaban J connectivity index is 1.41. The van der Waals surface area contributed by atoms with Crippen LogP contribution < -0.4 is 9.47 Å². The van der Waals surface area contributed by atoms with Crippen molar-refractivity contribution in [2.24, 2.45) is 17.8 Å². The van der Waals surface area contributed by atoms with Crippen molar-refractivity contribution in [3.05, 3.63) is 58.2 Å². The molecule has 9 heteroatoms. The van der Waals surface area contributed by atoms with Crippen LogP contribution in [-0.4, -0.2) is 75.7 Å². The van der Waals surface area contributed by atoms with Gasteiger partial charge in [0.1, 0.15) is 28.4 Å². The lowest BCUT2D eigenvalue weighted by Gasteiger charge is -2.62. The van der Waals surface area contributed by atoms with E-state index < -0.39 is 40.3 Å². The summed E-state index contributed by atoms with van der Waals surface area (Å²) in [5.74, 6) is -1.90. The highest BCUT2D eigenvalue weighted by atomic mass is 16.6. The van der Waals surface area contributed by atoms with Crippen LogP contribution >= 0.6 is 0 Å².